The topological polar surface area (TPSA) is 21.3 Å². The Morgan fingerprint density at radius 2 is 1.85 bits per heavy atom. The molecule has 1 N–H and O–H groups in total. The Hall–Kier alpha value is -1.02. The number of para-hydroxylation sites is 1. The summed E-state index contributed by atoms with van der Waals surface area (Å²) >= 11 is 0. The first kappa shape index (κ1) is 15.4. The van der Waals surface area contributed by atoms with Crippen LogP contribution in [0, 0.1) is 11.8 Å². The van der Waals surface area contributed by atoms with Gasteiger partial charge < -0.3 is 10.1 Å². The quantitative estimate of drug-likeness (QED) is 0.875. The SMILES string of the molecule is COc1ccccc1CC(C)NC1C(C)CCCC1C. The molecule has 3 atom stereocenters. The van der Waals surface area contributed by atoms with Crippen molar-refractivity contribution < 1.29 is 4.74 Å². The van der Waals surface area contributed by atoms with E-state index in [0.29, 0.717) is 12.1 Å². The zero-order valence-electron chi connectivity index (χ0n) is 13.4. The highest BCUT2D eigenvalue weighted by molar-refractivity contribution is 5.33. The lowest BCUT2D eigenvalue weighted by atomic mass is 9.78. The Bertz CT molecular complexity index is 408. The van der Waals surface area contributed by atoms with Gasteiger partial charge >= 0.3 is 0 Å². The van der Waals surface area contributed by atoms with Crippen molar-refractivity contribution in [1.82, 2.24) is 5.32 Å². The predicted molar refractivity (Wildman–Crippen MR) is 85.3 cm³/mol. The van der Waals surface area contributed by atoms with Crippen LogP contribution >= 0.6 is 0 Å². The van der Waals surface area contributed by atoms with Gasteiger partial charge in [-0.1, -0.05) is 38.5 Å². The molecule has 0 radical (unpaired) electrons. The molecule has 2 heteroatoms. The van der Waals surface area contributed by atoms with E-state index in [1.807, 2.05) is 12.1 Å². The lowest BCUT2D eigenvalue weighted by Gasteiger charge is -2.37. The summed E-state index contributed by atoms with van der Waals surface area (Å²) in [5.74, 6) is 2.59. The smallest absolute Gasteiger partial charge is 0.122 e. The van der Waals surface area contributed by atoms with Crippen molar-refractivity contribution in [2.75, 3.05) is 7.11 Å². The minimum Gasteiger partial charge on any atom is -0.496 e. The van der Waals surface area contributed by atoms with Crippen LogP contribution in [0.15, 0.2) is 24.3 Å². The normalized spacial score (nSPS) is 28.1. The fraction of sp³-hybridized carbons (Fsp3) is 0.667. The van der Waals surface area contributed by atoms with Gasteiger partial charge in [-0.25, -0.2) is 0 Å². The van der Waals surface area contributed by atoms with Crippen molar-refractivity contribution in [3.63, 3.8) is 0 Å². The molecule has 0 heterocycles. The molecule has 1 aliphatic rings. The van der Waals surface area contributed by atoms with Crippen molar-refractivity contribution >= 4 is 0 Å². The number of benzene rings is 1. The third-order valence-corrected chi connectivity index (χ3v) is 4.74. The molecule has 1 fully saturated rings. The fourth-order valence-electron chi connectivity index (χ4n) is 3.60. The van der Waals surface area contributed by atoms with E-state index >= 15 is 0 Å². The van der Waals surface area contributed by atoms with E-state index < -0.39 is 0 Å². The molecule has 20 heavy (non-hydrogen) atoms. The van der Waals surface area contributed by atoms with Gasteiger partial charge in [-0.15, -0.1) is 0 Å². The molecule has 112 valence electrons. The maximum atomic E-state index is 5.45. The summed E-state index contributed by atoms with van der Waals surface area (Å²) in [5, 5.41) is 3.86. The molecule has 1 aromatic carbocycles. The Labute approximate surface area is 123 Å². The molecule has 1 aromatic rings. The summed E-state index contributed by atoms with van der Waals surface area (Å²) in [6, 6.07) is 9.49. The third-order valence-electron chi connectivity index (χ3n) is 4.74. The molecular weight excluding hydrogens is 246 g/mol. The number of hydrogen-bond acceptors (Lipinski definition) is 2. The molecule has 2 rings (SSSR count). The summed E-state index contributed by atoms with van der Waals surface area (Å²) in [4.78, 5) is 0. The molecule has 2 nitrogen and oxygen atoms in total. The van der Waals surface area contributed by atoms with Crippen molar-refractivity contribution in [2.45, 2.75) is 58.5 Å². The number of hydrogen-bond donors (Lipinski definition) is 1. The van der Waals surface area contributed by atoms with E-state index in [-0.39, 0.29) is 0 Å². The molecule has 0 amide bonds. The van der Waals surface area contributed by atoms with Gasteiger partial charge in [0, 0.05) is 12.1 Å². The zero-order valence-corrected chi connectivity index (χ0v) is 13.4. The first-order valence-corrected chi connectivity index (χ1v) is 7.99. The average Bonchev–Trinajstić information content (AvgIpc) is 2.44. The minimum atomic E-state index is 0.485. The van der Waals surface area contributed by atoms with E-state index in [1.165, 1.54) is 24.8 Å². The van der Waals surface area contributed by atoms with Crippen LogP contribution in [0.25, 0.3) is 0 Å². The van der Waals surface area contributed by atoms with Gasteiger partial charge in [0.2, 0.25) is 0 Å². The molecule has 0 aliphatic heterocycles. The molecule has 1 saturated carbocycles. The molecule has 1 aliphatic carbocycles. The number of nitrogens with one attached hydrogen (secondary N) is 1. The molecule has 0 spiro atoms. The van der Waals surface area contributed by atoms with Crippen LogP contribution in [-0.4, -0.2) is 19.2 Å². The average molecular weight is 275 g/mol. The second-order valence-corrected chi connectivity index (χ2v) is 6.49. The molecule has 0 aromatic heterocycles. The Balaban J connectivity index is 1.96. The van der Waals surface area contributed by atoms with E-state index in [2.05, 4.69) is 38.2 Å². The molecule has 3 unspecified atom stereocenters. The number of ether oxygens (including phenoxy) is 1. The molecular formula is C18H29NO. The van der Waals surface area contributed by atoms with Crippen LogP contribution in [0.1, 0.15) is 45.6 Å². The van der Waals surface area contributed by atoms with Crippen LogP contribution in [-0.2, 0) is 6.42 Å². The zero-order chi connectivity index (χ0) is 14.5. The van der Waals surface area contributed by atoms with Crippen LogP contribution < -0.4 is 10.1 Å². The minimum absolute atomic E-state index is 0.485. The van der Waals surface area contributed by atoms with Gasteiger partial charge in [0.15, 0.2) is 0 Å². The highest BCUT2D eigenvalue weighted by Gasteiger charge is 2.28. The predicted octanol–water partition coefficient (Wildman–Crippen LogP) is 4.04. The van der Waals surface area contributed by atoms with E-state index in [0.717, 1.165) is 24.0 Å². The van der Waals surface area contributed by atoms with Gasteiger partial charge in [0.05, 0.1) is 7.11 Å². The third kappa shape index (κ3) is 3.76. The van der Waals surface area contributed by atoms with Crippen LogP contribution in [0.2, 0.25) is 0 Å². The maximum Gasteiger partial charge on any atom is 0.122 e. The first-order valence-electron chi connectivity index (χ1n) is 7.99. The van der Waals surface area contributed by atoms with Crippen LogP contribution in [0.3, 0.4) is 0 Å². The summed E-state index contributed by atoms with van der Waals surface area (Å²) in [6.07, 6.45) is 5.15. The Morgan fingerprint density at radius 1 is 1.20 bits per heavy atom. The highest BCUT2D eigenvalue weighted by Crippen LogP contribution is 2.29. The standard InChI is InChI=1S/C18H29NO/c1-13-8-7-9-14(2)18(13)19-15(3)12-16-10-5-6-11-17(16)20-4/h5-6,10-11,13-15,18-19H,7-9,12H2,1-4H3. The summed E-state index contributed by atoms with van der Waals surface area (Å²) in [5.41, 5.74) is 1.30. The molecule has 0 saturated heterocycles. The summed E-state index contributed by atoms with van der Waals surface area (Å²) in [6.45, 7) is 7.08. The van der Waals surface area contributed by atoms with E-state index in [4.69, 9.17) is 4.74 Å². The van der Waals surface area contributed by atoms with E-state index in [1.54, 1.807) is 7.11 Å². The fourth-order valence-corrected chi connectivity index (χ4v) is 3.60. The Kier molecular flexibility index (Phi) is 5.47. The van der Waals surface area contributed by atoms with Gasteiger partial charge in [-0.2, -0.15) is 0 Å². The largest absolute Gasteiger partial charge is 0.496 e. The second-order valence-electron chi connectivity index (χ2n) is 6.49. The van der Waals surface area contributed by atoms with Gasteiger partial charge in [0.1, 0.15) is 5.75 Å². The van der Waals surface area contributed by atoms with Crippen molar-refractivity contribution in [2.24, 2.45) is 11.8 Å². The second kappa shape index (κ2) is 7.12. The monoisotopic (exact) mass is 275 g/mol. The Morgan fingerprint density at radius 3 is 2.50 bits per heavy atom. The maximum absolute atomic E-state index is 5.45. The van der Waals surface area contributed by atoms with E-state index in [9.17, 15) is 0 Å². The van der Waals surface area contributed by atoms with Gasteiger partial charge in [0.25, 0.3) is 0 Å². The van der Waals surface area contributed by atoms with Crippen LogP contribution in [0.5, 0.6) is 5.75 Å². The number of methoxy groups -OCH3 is 1. The molecule has 0 bridgehead atoms. The first-order chi connectivity index (χ1) is 9.61. The van der Waals surface area contributed by atoms with Crippen molar-refractivity contribution in [3.8, 4) is 5.75 Å². The van der Waals surface area contributed by atoms with Crippen molar-refractivity contribution in [3.05, 3.63) is 29.8 Å². The van der Waals surface area contributed by atoms with Gasteiger partial charge in [-0.05, 0) is 49.7 Å². The lowest BCUT2D eigenvalue weighted by molar-refractivity contribution is 0.195. The number of rotatable bonds is 5. The highest BCUT2D eigenvalue weighted by atomic mass is 16.5. The van der Waals surface area contributed by atoms with Crippen LogP contribution in [0.4, 0.5) is 0 Å². The van der Waals surface area contributed by atoms with Crippen molar-refractivity contribution in [1.29, 1.82) is 0 Å². The summed E-state index contributed by atoms with van der Waals surface area (Å²) in [7, 11) is 1.75. The summed E-state index contributed by atoms with van der Waals surface area (Å²) < 4.78 is 5.45. The lowest BCUT2D eigenvalue weighted by Crippen LogP contribution is -2.47. The van der Waals surface area contributed by atoms with Gasteiger partial charge in [-0.3, -0.25) is 0 Å².